The number of fused-ring (bicyclic) bond motifs is 1. The molecular formula is C20H14FN3O3S. The number of thiophene rings is 1. The summed E-state index contributed by atoms with van der Waals surface area (Å²) in [6.07, 6.45) is 1.42. The van der Waals surface area contributed by atoms with Gasteiger partial charge in [-0.2, -0.15) is 0 Å². The van der Waals surface area contributed by atoms with E-state index in [4.69, 9.17) is 0 Å². The third-order valence-corrected chi connectivity index (χ3v) is 5.30. The van der Waals surface area contributed by atoms with Crippen LogP contribution in [0.15, 0.2) is 48.8 Å². The molecule has 0 aliphatic rings. The lowest BCUT2D eigenvalue weighted by atomic mass is 10.0. The van der Waals surface area contributed by atoms with E-state index in [0.29, 0.717) is 11.5 Å². The van der Waals surface area contributed by atoms with Crippen LogP contribution in [0.4, 0.5) is 15.9 Å². The van der Waals surface area contributed by atoms with Gasteiger partial charge in [0.15, 0.2) is 0 Å². The van der Waals surface area contributed by atoms with Crippen molar-refractivity contribution in [2.75, 3.05) is 5.32 Å². The van der Waals surface area contributed by atoms with Crippen LogP contribution < -0.4 is 5.32 Å². The highest BCUT2D eigenvalue weighted by Crippen LogP contribution is 2.41. The van der Waals surface area contributed by atoms with Crippen molar-refractivity contribution in [1.82, 2.24) is 9.97 Å². The molecule has 2 heterocycles. The Hall–Kier alpha value is -3.52. The number of carboxylic acid groups (broad SMARTS) is 1. The number of aromatic hydroxyl groups is 1. The minimum absolute atomic E-state index is 0.212. The van der Waals surface area contributed by atoms with Gasteiger partial charge in [-0.25, -0.2) is 19.2 Å². The van der Waals surface area contributed by atoms with Crippen LogP contribution >= 0.6 is 11.3 Å². The Morgan fingerprint density at radius 3 is 2.61 bits per heavy atom. The molecule has 0 bridgehead atoms. The Labute approximate surface area is 163 Å². The first-order valence-corrected chi connectivity index (χ1v) is 9.09. The Morgan fingerprint density at radius 2 is 1.89 bits per heavy atom. The summed E-state index contributed by atoms with van der Waals surface area (Å²) in [5.74, 6) is -1.37. The van der Waals surface area contributed by atoms with Gasteiger partial charge in [0.05, 0.1) is 5.39 Å². The highest BCUT2D eigenvalue weighted by Gasteiger charge is 2.18. The summed E-state index contributed by atoms with van der Waals surface area (Å²) in [7, 11) is 0. The molecule has 0 saturated carbocycles. The van der Waals surface area contributed by atoms with E-state index in [9.17, 15) is 19.4 Å². The summed E-state index contributed by atoms with van der Waals surface area (Å²) in [5, 5.41) is 22.8. The zero-order valence-corrected chi connectivity index (χ0v) is 15.4. The number of carbonyl (C=O) groups is 1. The van der Waals surface area contributed by atoms with Gasteiger partial charge >= 0.3 is 5.97 Å². The molecule has 4 rings (SSSR count). The molecule has 0 saturated heterocycles. The molecule has 0 atom stereocenters. The van der Waals surface area contributed by atoms with E-state index in [1.54, 1.807) is 18.2 Å². The van der Waals surface area contributed by atoms with Gasteiger partial charge in [0.1, 0.15) is 34.1 Å². The minimum Gasteiger partial charge on any atom is -0.507 e. The van der Waals surface area contributed by atoms with Crippen LogP contribution in [-0.4, -0.2) is 26.2 Å². The summed E-state index contributed by atoms with van der Waals surface area (Å²) in [5.41, 5.74) is 1.97. The second-order valence-corrected chi connectivity index (χ2v) is 7.31. The summed E-state index contributed by atoms with van der Waals surface area (Å²) in [6.45, 7) is 1.96. The SMILES string of the molecule is Cc1sc2ncnc(Nc3ccc(O)c(C(=O)O)c3)c2c1-c1ccc(F)cc1. The van der Waals surface area contributed by atoms with Gasteiger partial charge in [-0.15, -0.1) is 11.3 Å². The molecule has 140 valence electrons. The lowest BCUT2D eigenvalue weighted by Crippen LogP contribution is -2.00. The third-order valence-electron chi connectivity index (χ3n) is 4.29. The molecular weight excluding hydrogens is 381 g/mol. The zero-order chi connectivity index (χ0) is 19.8. The molecule has 2 aromatic heterocycles. The molecule has 2 aromatic carbocycles. The summed E-state index contributed by atoms with van der Waals surface area (Å²) < 4.78 is 13.3. The average molecular weight is 395 g/mol. The van der Waals surface area contributed by atoms with Crippen LogP contribution in [0.1, 0.15) is 15.2 Å². The number of nitrogens with one attached hydrogen (secondary N) is 1. The molecule has 8 heteroatoms. The fraction of sp³-hybridized carbons (Fsp3) is 0.0500. The number of aromatic carboxylic acids is 1. The summed E-state index contributed by atoms with van der Waals surface area (Å²) in [4.78, 5) is 21.7. The van der Waals surface area contributed by atoms with Crippen LogP contribution in [0, 0.1) is 12.7 Å². The number of hydrogen-bond donors (Lipinski definition) is 3. The Bertz CT molecular complexity index is 1210. The predicted octanol–water partition coefficient (Wildman–Crippen LogP) is 4.95. The van der Waals surface area contributed by atoms with Crippen molar-refractivity contribution in [3.8, 4) is 16.9 Å². The molecule has 0 radical (unpaired) electrons. The lowest BCUT2D eigenvalue weighted by Gasteiger charge is -2.10. The second-order valence-electron chi connectivity index (χ2n) is 6.10. The highest BCUT2D eigenvalue weighted by atomic mass is 32.1. The standard InChI is InChI=1S/C20H14FN3O3S/c1-10-16(11-2-4-12(21)5-3-11)17-18(22-9-23-19(17)28-10)24-13-6-7-15(25)14(8-13)20(26)27/h2-9,25H,1H3,(H,26,27)(H,22,23,24). The van der Waals surface area contributed by atoms with E-state index in [2.05, 4.69) is 15.3 Å². The molecule has 0 aliphatic carbocycles. The maximum atomic E-state index is 13.3. The minimum atomic E-state index is -1.23. The summed E-state index contributed by atoms with van der Waals surface area (Å²) in [6, 6.07) is 10.4. The van der Waals surface area contributed by atoms with E-state index < -0.39 is 5.97 Å². The van der Waals surface area contributed by atoms with E-state index in [1.165, 1.54) is 41.9 Å². The van der Waals surface area contributed by atoms with Gasteiger partial charge in [-0.05, 0) is 42.8 Å². The molecule has 0 spiro atoms. The first kappa shape index (κ1) is 17.9. The van der Waals surface area contributed by atoms with Crippen molar-refractivity contribution < 1.29 is 19.4 Å². The molecule has 3 N–H and O–H groups in total. The Kier molecular flexibility index (Phi) is 4.40. The van der Waals surface area contributed by atoms with Gasteiger partial charge in [-0.3, -0.25) is 0 Å². The molecule has 6 nitrogen and oxygen atoms in total. The third kappa shape index (κ3) is 3.14. The number of halogens is 1. The van der Waals surface area contributed by atoms with Gasteiger partial charge in [0.2, 0.25) is 0 Å². The molecule has 0 unspecified atom stereocenters. The van der Waals surface area contributed by atoms with E-state index in [1.807, 2.05) is 6.92 Å². The van der Waals surface area contributed by atoms with Crippen molar-refractivity contribution >= 4 is 39.0 Å². The first-order chi connectivity index (χ1) is 13.4. The number of phenols is 1. The first-order valence-electron chi connectivity index (χ1n) is 8.27. The van der Waals surface area contributed by atoms with Crippen molar-refractivity contribution in [3.63, 3.8) is 0 Å². The Morgan fingerprint density at radius 1 is 1.14 bits per heavy atom. The maximum absolute atomic E-state index is 13.3. The smallest absolute Gasteiger partial charge is 0.339 e. The van der Waals surface area contributed by atoms with Crippen LogP contribution in [-0.2, 0) is 0 Å². The van der Waals surface area contributed by atoms with Crippen molar-refractivity contribution in [2.45, 2.75) is 6.92 Å². The van der Waals surface area contributed by atoms with E-state index in [0.717, 1.165) is 26.2 Å². The molecule has 0 amide bonds. The second kappa shape index (κ2) is 6.90. The fourth-order valence-electron chi connectivity index (χ4n) is 3.02. The van der Waals surface area contributed by atoms with Crippen LogP contribution in [0.2, 0.25) is 0 Å². The highest BCUT2D eigenvalue weighted by molar-refractivity contribution is 7.19. The Balaban J connectivity index is 1.85. The number of aryl methyl sites for hydroxylation is 1. The normalized spacial score (nSPS) is 10.9. The van der Waals surface area contributed by atoms with Crippen molar-refractivity contribution in [1.29, 1.82) is 0 Å². The van der Waals surface area contributed by atoms with Gasteiger partial charge in [-0.1, -0.05) is 12.1 Å². The van der Waals surface area contributed by atoms with Crippen LogP contribution in [0.5, 0.6) is 5.75 Å². The van der Waals surface area contributed by atoms with Gasteiger partial charge in [0.25, 0.3) is 0 Å². The van der Waals surface area contributed by atoms with Crippen LogP contribution in [0.25, 0.3) is 21.3 Å². The van der Waals surface area contributed by atoms with E-state index in [-0.39, 0.29) is 17.1 Å². The van der Waals surface area contributed by atoms with Crippen molar-refractivity contribution in [2.24, 2.45) is 0 Å². The topological polar surface area (TPSA) is 95.3 Å². The molecule has 4 aromatic rings. The van der Waals surface area contributed by atoms with Crippen LogP contribution in [0.3, 0.4) is 0 Å². The maximum Gasteiger partial charge on any atom is 0.339 e. The number of nitrogens with zero attached hydrogens (tertiary/aromatic N) is 2. The number of hydrogen-bond acceptors (Lipinski definition) is 6. The summed E-state index contributed by atoms with van der Waals surface area (Å²) >= 11 is 1.49. The molecule has 0 fully saturated rings. The quantitative estimate of drug-likeness (QED) is 0.423. The van der Waals surface area contributed by atoms with Crippen molar-refractivity contribution in [3.05, 3.63) is 65.0 Å². The zero-order valence-electron chi connectivity index (χ0n) is 14.6. The lowest BCUT2D eigenvalue weighted by molar-refractivity contribution is 0.0694. The number of benzene rings is 2. The number of rotatable bonds is 4. The predicted molar refractivity (Wildman–Crippen MR) is 106 cm³/mol. The van der Waals surface area contributed by atoms with Gasteiger partial charge < -0.3 is 15.5 Å². The number of aromatic nitrogens is 2. The van der Waals surface area contributed by atoms with Gasteiger partial charge in [0, 0.05) is 16.1 Å². The molecule has 0 aliphatic heterocycles. The molecule has 28 heavy (non-hydrogen) atoms. The largest absolute Gasteiger partial charge is 0.507 e. The average Bonchev–Trinajstić information content (AvgIpc) is 3.00. The van der Waals surface area contributed by atoms with E-state index >= 15 is 0 Å². The number of carboxylic acids is 1. The fourth-order valence-corrected chi connectivity index (χ4v) is 4.04. The monoisotopic (exact) mass is 395 g/mol. The number of anilines is 2.